The summed E-state index contributed by atoms with van der Waals surface area (Å²) in [7, 11) is 1.75. The fraction of sp³-hybridized carbons (Fsp3) is 0.286. The molecule has 0 saturated carbocycles. The second-order valence-corrected chi connectivity index (χ2v) is 5.28. The fourth-order valence-electron chi connectivity index (χ4n) is 2.82. The molecule has 1 unspecified atom stereocenters. The largest absolute Gasteiger partial charge is 0.481 e. The van der Waals surface area contributed by atoms with Gasteiger partial charge in [-0.25, -0.2) is 0 Å². The van der Waals surface area contributed by atoms with Gasteiger partial charge in [0, 0.05) is 30.2 Å². The summed E-state index contributed by atoms with van der Waals surface area (Å²) in [4.78, 5) is 16.8. The van der Waals surface area contributed by atoms with Crippen LogP contribution in [0, 0.1) is 0 Å². The summed E-state index contributed by atoms with van der Waals surface area (Å²) in [5, 5.41) is 14.0. The Kier molecular flexibility index (Phi) is 3.10. The maximum absolute atomic E-state index is 11.6. The molecule has 0 bridgehead atoms. The Morgan fingerprint density at radius 1 is 1.50 bits per heavy atom. The summed E-state index contributed by atoms with van der Waals surface area (Å²) in [6, 6.07) is 7.80. The third-order valence-electron chi connectivity index (χ3n) is 3.73. The molecule has 0 radical (unpaired) electrons. The molecule has 1 atom stereocenters. The summed E-state index contributed by atoms with van der Waals surface area (Å²) >= 11 is 5.23. The van der Waals surface area contributed by atoms with E-state index in [0.717, 1.165) is 22.2 Å². The average molecular weight is 289 g/mol. The molecule has 1 aliphatic rings. The molecule has 0 spiro atoms. The number of rotatable bonds is 1. The number of carboxylic acids is 1. The third kappa shape index (κ3) is 1.92. The number of nitrogens with zero attached hydrogens (tertiary/aromatic N) is 1. The van der Waals surface area contributed by atoms with Gasteiger partial charge in [-0.2, -0.15) is 0 Å². The number of nitrogens with one attached hydrogen (secondary N) is 2. The van der Waals surface area contributed by atoms with Gasteiger partial charge < -0.3 is 20.3 Å². The lowest BCUT2D eigenvalue weighted by Crippen LogP contribution is -2.44. The maximum Gasteiger partial charge on any atom is 0.312 e. The van der Waals surface area contributed by atoms with E-state index in [9.17, 15) is 9.90 Å². The van der Waals surface area contributed by atoms with Crippen molar-refractivity contribution in [3.8, 4) is 0 Å². The number of carbonyl (C=O) groups is 1. The van der Waals surface area contributed by atoms with Crippen LogP contribution in [0.25, 0.3) is 10.9 Å². The van der Waals surface area contributed by atoms with Gasteiger partial charge in [-0.05, 0) is 23.8 Å². The second kappa shape index (κ2) is 4.79. The SMILES string of the molecule is CNC(=S)N1Cc2[nH]c3ccccc3c2C(C(=O)O)C1. The monoisotopic (exact) mass is 289 g/mol. The topological polar surface area (TPSA) is 68.4 Å². The number of aliphatic carboxylic acids is 1. The Labute approximate surface area is 121 Å². The van der Waals surface area contributed by atoms with Gasteiger partial charge in [-0.1, -0.05) is 18.2 Å². The number of fused-ring (bicyclic) bond motifs is 3. The zero-order valence-corrected chi connectivity index (χ0v) is 11.8. The van der Waals surface area contributed by atoms with Gasteiger partial charge in [0.1, 0.15) is 5.92 Å². The molecule has 104 valence electrons. The van der Waals surface area contributed by atoms with Crippen molar-refractivity contribution in [1.82, 2.24) is 15.2 Å². The van der Waals surface area contributed by atoms with Crippen LogP contribution in [0.4, 0.5) is 0 Å². The number of H-pyrrole nitrogens is 1. The van der Waals surface area contributed by atoms with Gasteiger partial charge in [0.15, 0.2) is 5.11 Å². The molecule has 1 aromatic heterocycles. The number of benzene rings is 1. The van der Waals surface area contributed by atoms with Gasteiger partial charge in [0.2, 0.25) is 0 Å². The predicted octanol–water partition coefficient (Wildman–Crippen LogP) is 1.66. The summed E-state index contributed by atoms with van der Waals surface area (Å²) in [6.45, 7) is 0.997. The lowest BCUT2D eigenvalue weighted by atomic mass is 9.92. The van der Waals surface area contributed by atoms with Gasteiger partial charge in [0.05, 0.1) is 6.54 Å². The number of carboxylic acid groups (broad SMARTS) is 1. The summed E-state index contributed by atoms with van der Waals surface area (Å²) in [5.41, 5.74) is 2.80. The number of aromatic amines is 1. The van der Waals surface area contributed by atoms with Crippen LogP contribution in [0.1, 0.15) is 17.2 Å². The Morgan fingerprint density at radius 3 is 2.95 bits per heavy atom. The zero-order chi connectivity index (χ0) is 14.3. The average Bonchev–Trinajstić information content (AvgIpc) is 2.83. The van der Waals surface area contributed by atoms with Crippen molar-refractivity contribution in [3.63, 3.8) is 0 Å². The molecule has 1 aromatic carbocycles. The first-order valence-electron chi connectivity index (χ1n) is 6.40. The van der Waals surface area contributed by atoms with Crippen molar-refractivity contribution in [2.75, 3.05) is 13.6 Å². The van der Waals surface area contributed by atoms with Crippen molar-refractivity contribution in [2.45, 2.75) is 12.5 Å². The Balaban J connectivity index is 2.14. The van der Waals surface area contributed by atoms with Gasteiger partial charge >= 0.3 is 5.97 Å². The molecule has 0 amide bonds. The number of aromatic nitrogens is 1. The van der Waals surface area contributed by atoms with Crippen LogP contribution in [-0.4, -0.2) is 39.7 Å². The lowest BCUT2D eigenvalue weighted by molar-refractivity contribution is -0.139. The number of hydrogen-bond acceptors (Lipinski definition) is 2. The van der Waals surface area contributed by atoms with E-state index in [2.05, 4.69) is 10.3 Å². The molecule has 3 N–H and O–H groups in total. The summed E-state index contributed by atoms with van der Waals surface area (Å²) < 4.78 is 0. The lowest BCUT2D eigenvalue weighted by Gasteiger charge is -2.32. The van der Waals surface area contributed by atoms with Crippen molar-refractivity contribution in [1.29, 1.82) is 0 Å². The first-order valence-corrected chi connectivity index (χ1v) is 6.81. The van der Waals surface area contributed by atoms with E-state index in [4.69, 9.17) is 12.2 Å². The Hall–Kier alpha value is -2.08. The van der Waals surface area contributed by atoms with Gasteiger partial charge in [0.25, 0.3) is 0 Å². The van der Waals surface area contributed by atoms with Crippen LogP contribution in [0.3, 0.4) is 0 Å². The second-order valence-electron chi connectivity index (χ2n) is 4.89. The van der Waals surface area contributed by atoms with Gasteiger partial charge in [-0.3, -0.25) is 4.79 Å². The normalized spacial score (nSPS) is 17.9. The number of hydrogen-bond donors (Lipinski definition) is 3. The molecule has 5 nitrogen and oxygen atoms in total. The highest BCUT2D eigenvalue weighted by atomic mass is 32.1. The van der Waals surface area contributed by atoms with Crippen molar-refractivity contribution in [2.24, 2.45) is 0 Å². The zero-order valence-electron chi connectivity index (χ0n) is 11.0. The number of thiocarbonyl (C=S) groups is 1. The van der Waals surface area contributed by atoms with E-state index < -0.39 is 11.9 Å². The minimum atomic E-state index is -0.820. The van der Waals surface area contributed by atoms with Crippen LogP contribution in [0.15, 0.2) is 24.3 Å². The van der Waals surface area contributed by atoms with Crippen LogP contribution in [-0.2, 0) is 11.3 Å². The predicted molar refractivity (Wildman–Crippen MR) is 80.7 cm³/mol. The van der Waals surface area contributed by atoms with Crippen molar-refractivity contribution in [3.05, 3.63) is 35.5 Å². The van der Waals surface area contributed by atoms with Gasteiger partial charge in [-0.15, -0.1) is 0 Å². The van der Waals surface area contributed by atoms with Crippen molar-refractivity contribution < 1.29 is 9.90 Å². The molecular formula is C14H15N3O2S. The number of para-hydroxylation sites is 1. The third-order valence-corrected chi connectivity index (χ3v) is 4.19. The van der Waals surface area contributed by atoms with E-state index in [1.165, 1.54) is 0 Å². The molecule has 0 saturated heterocycles. The molecule has 20 heavy (non-hydrogen) atoms. The highest BCUT2D eigenvalue weighted by Crippen LogP contribution is 2.34. The van der Waals surface area contributed by atoms with E-state index in [1.807, 2.05) is 29.2 Å². The Bertz CT molecular complexity index is 695. The Morgan fingerprint density at radius 2 is 2.25 bits per heavy atom. The first kappa shape index (κ1) is 12.9. The minimum Gasteiger partial charge on any atom is -0.481 e. The van der Waals surface area contributed by atoms with Crippen LogP contribution < -0.4 is 5.32 Å². The molecule has 6 heteroatoms. The summed E-state index contributed by atoms with van der Waals surface area (Å²) in [5.74, 6) is -1.39. The smallest absolute Gasteiger partial charge is 0.312 e. The van der Waals surface area contributed by atoms with E-state index in [-0.39, 0.29) is 0 Å². The molecule has 2 aromatic rings. The van der Waals surface area contributed by atoms with Crippen LogP contribution in [0.5, 0.6) is 0 Å². The van der Waals surface area contributed by atoms with Crippen LogP contribution >= 0.6 is 12.2 Å². The van der Waals surface area contributed by atoms with E-state index in [1.54, 1.807) is 7.05 Å². The molecular weight excluding hydrogens is 274 g/mol. The van der Waals surface area contributed by atoms with Crippen LogP contribution in [0.2, 0.25) is 0 Å². The molecule has 0 fully saturated rings. The molecule has 1 aliphatic heterocycles. The minimum absolute atomic E-state index is 0.393. The highest BCUT2D eigenvalue weighted by Gasteiger charge is 2.34. The summed E-state index contributed by atoms with van der Waals surface area (Å²) in [6.07, 6.45) is 0. The highest BCUT2D eigenvalue weighted by molar-refractivity contribution is 7.80. The standard InChI is InChI=1S/C14H15N3O2S/c1-15-14(20)17-6-9(13(18)19)12-8-4-2-3-5-10(8)16-11(12)7-17/h2-5,9,16H,6-7H2,1H3,(H,15,20)(H,18,19). The van der Waals surface area contributed by atoms with E-state index in [0.29, 0.717) is 18.2 Å². The maximum atomic E-state index is 11.6. The molecule has 2 heterocycles. The molecule has 3 rings (SSSR count). The molecule has 0 aliphatic carbocycles. The quantitative estimate of drug-likeness (QED) is 0.697. The van der Waals surface area contributed by atoms with E-state index >= 15 is 0 Å². The first-order chi connectivity index (χ1) is 9.61. The fourth-order valence-corrected chi connectivity index (χ4v) is 2.96. The van der Waals surface area contributed by atoms with Crippen molar-refractivity contribution >= 4 is 34.2 Å².